The third kappa shape index (κ3) is 1.38. The summed E-state index contributed by atoms with van der Waals surface area (Å²) in [5.74, 6) is 0.910. The zero-order chi connectivity index (χ0) is 13.2. The Balaban J connectivity index is 1.89. The van der Waals surface area contributed by atoms with Crippen LogP contribution in [-0.4, -0.2) is 40.5 Å². The van der Waals surface area contributed by atoms with E-state index in [1.54, 1.807) is 0 Å². The molecule has 19 heavy (non-hydrogen) atoms. The second kappa shape index (κ2) is 3.92. The predicted octanol–water partition coefficient (Wildman–Crippen LogP) is 1.76. The minimum absolute atomic E-state index is 0.0101. The van der Waals surface area contributed by atoms with Crippen molar-refractivity contribution in [3.05, 3.63) is 11.6 Å². The molecule has 1 saturated heterocycles. The lowest BCUT2D eigenvalue weighted by atomic mass is 9.51. The lowest BCUT2D eigenvalue weighted by Gasteiger charge is -2.63. The average Bonchev–Trinajstić information content (AvgIpc) is 2.40. The molecule has 2 aliphatic carbocycles. The van der Waals surface area contributed by atoms with Crippen LogP contribution in [-0.2, 0) is 4.79 Å². The molecule has 4 aliphatic rings. The van der Waals surface area contributed by atoms with Crippen molar-refractivity contribution in [2.45, 2.75) is 50.7 Å². The molecule has 2 saturated carbocycles. The van der Waals surface area contributed by atoms with Crippen LogP contribution >= 0.6 is 0 Å². The highest BCUT2D eigenvalue weighted by atomic mass is 16.3. The number of carbonyl (C=O) groups is 1. The normalized spacial score (nSPS) is 49.6. The van der Waals surface area contributed by atoms with Crippen molar-refractivity contribution in [2.24, 2.45) is 17.8 Å². The molecular formula is C16H23NO2. The molecule has 2 bridgehead atoms. The maximum atomic E-state index is 12.5. The van der Waals surface area contributed by atoms with Crippen LogP contribution in [0, 0.1) is 17.8 Å². The van der Waals surface area contributed by atoms with E-state index in [0.717, 1.165) is 32.4 Å². The minimum atomic E-state index is -0.278. The van der Waals surface area contributed by atoms with E-state index in [-0.39, 0.29) is 23.5 Å². The van der Waals surface area contributed by atoms with Crippen molar-refractivity contribution in [1.29, 1.82) is 0 Å². The van der Waals surface area contributed by atoms with Gasteiger partial charge in [0.25, 0.3) is 0 Å². The fourth-order valence-electron chi connectivity index (χ4n) is 5.50. The van der Waals surface area contributed by atoms with E-state index in [2.05, 4.69) is 17.9 Å². The highest BCUT2D eigenvalue weighted by Crippen LogP contribution is 2.57. The first-order valence-electron chi connectivity index (χ1n) is 7.82. The molecule has 2 aliphatic heterocycles. The fourth-order valence-corrected chi connectivity index (χ4v) is 5.50. The molecule has 0 aromatic carbocycles. The molecule has 0 unspecified atom stereocenters. The van der Waals surface area contributed by atoms with E-state index in [9.17, 15) is 9.90 Å². The number of piperidine rings is 1. The number of hydrogen-bond acceptors (Lipinski definition) is 3. The third-order valence-electron chi connectivity index (χ3n) is 6.15. The van der Waals surface area contributed by atoms with Crippen LogP contribution in [0.4, 0.5) is 0 Å². The van der Waals surface area contributed by atoms with E-state index in [0.29, 0.717) is 18.1 Å². The van der Waals surface area contributed by atoms with Gasteiger partial charge < -0.3 is 5.11 Å². The van der Waals surface area contributed by atoms with Crippen molar-refractivity contribution in [2.75, 3.05) is 13.1 Å². The quantitative estimate of drug-likeness (QED) is 0.675. The van der Waals surface area contributed by atoms with Crippen LogP contribution < -0.4 is 0 Å². The molecule has 4 rings (SSSR count). The van der Waals surface area contributed by atoms with Gasteiger partial charge in [-0.05, 0) is 44.2 Å². The van der Waals surface area contributed by atoms with Crippen molar-refractivity contribution >= 4 is 5.78 Å². The highest BCUT2D eigenvalue weighted by Gasteiger charge is 2.61. The Bertz CT molecular complexity index is 458. The van der Waals surface area contributed by atoms with E-state index in [1.807, 2.05) is 0 Å². The van der Waals surface area contributed by atoms with Gasteiger partial charge in [-0.3, -0.25) is 9.69 Å². The van der Waals surface area contributed by atoms with Gasteiger partial charge in [-0.25, -0.2) is 0 Å². The van der Waals surface area contributed by atoms with Gasteiger partial charge in [0.2, 0.25) is 0 Å². The van der Waals surface area contributed by atoms with Gasteiger partial charge in [0.15, 0.2) is 0 Å². The number of aliphatic hydroxyl groups is 1. The van der Waals surface area contributed by atoms with E-state index >= 15 is 0 Å². The third-order valence-corrected chi connectivity index (χ3v) is 6.15. The van der Waals surface area contributed by atoms with Crippen molar-refractivity contribution < 1.29 is 9.90 Å². The van der Waals surface area contributed by atoms with Crippen LogP contribution in [0.3, 0.4) is 0 Å². The Morgan fingerprint density at radius 1 is 1.42 bits per heavy atom. The lowest BCUT2D eigenvalue weighted by molar-refractivity contribution is -0.146. The Morgan fingerprint density at radius 3 is 3.11 bits per heavy atom. The molecule has 3 heteroatoms. The summed E-state index contributed by atoms with van der Waals surface area (Å²) in [5, 5.41) is 10.6. The largest absolute Gasteiger partial charge is 0.393 e. The lowest BCUT2D eigenvalue weighted by Crippen LogP contribution is -2.69. The summed E-state index contributed by atoms with van der Waals surface area (Å²) in [6.07, 6.45) is 7.09. The molecule has 0 aromatic heterocycles. The number of carbonyl (C=O) groups excluding carboxylic acids is 1. The minimum Gasteiger partial charge on any atom is -0.393 e. The molecule has 104 valence electrons. The monoisotopic (exact) mass is 261 g/mol. The van der Waals surface area contributed by atoms with Crippen LogP contribution in [0.15, 0.2) is 11.6 Å². The zero-order valence-corrected chi connectivity index (χ0v) is 11.6. The molecule has 1 N–H and O–H groups in total. The first kappa shape index (κ1) is 12.1. The van der Waals surface area contributed by atoms with E-state index < -0.39 is 0 Å². The van der Waals surface area contributed by atoms with Gasteiger partial charge in [0.1, 0.15) is 5.78 Å². The number of ketones is 1. The maximum Gasteiger partial charge on any atom is 0.143 e. The summed E-state index contributed by atoms with van der Waals surface area (Å²) in [5.41, 5.74) is 1.42. The Morgan fingerprint density at radius 2 is 2.26 bits per heavy atom. The second-order valence-electron chi connectivity index (χ2n) is 6.97. The summed E-state index contributed by atoms with van der Waals surface area (Å²) in [7, 11) is 0. The predicted molar refractivity (Wildman–Crippen MR) is 72.6 cm³/mol. The van der Waals surface area contributed by atoms with Crippen LogP contribution in [0.1, 0.15) is 39.0 Å². The van der Waals surface area contributed by atoms with Crippen molar-refractivity contribution in [3.8, 4) is 0 Å². The standard InChI is InChI=1S/C16H23NO2/c1-10-9-16-12-4-2-6-17(16)7-3-5-13(16)14(18)8-11(12)15(10)19/h4,10-11,13-14,18H,2-3,5-9H2,1H3/t10-,11-,13-,14-,16+/m1/s1. The molecule has 0 amide bonds. The number of aliphatic hydroxyl groups excluding tert-OH is 1. The van der Waals surface area contributed by atoms with Crippen molar-refractivity contribution in [3.63, 3.8) is 0 Å². The molecule has 3 fully saturated rings. The average molecular weight is 261 g/mol. The number of hydrogen-bond donors (Lipinski definition) is 1. The zero-order valence-electron chi connectivity index (χ0n) is 11.6. The van der Waals surface area contributed by atoms with Crippen LogP contribution in [0.5, 0.6) is 0 Å². The Hall–Kier alpha value is -0.670. The van der Waals surface area contributed by atoms with Crippen molar-refractivity contribution in [1.82, 2.24) is 4.90 Å². The fraction of sp³-hybridized carbons (Fsp3) is 0.812. The van der Waals surface area contributed by atoms with Gasteiger partial charge in [-0.15, -0.1) is 0 Å². The first-order valence-corrected chi connectivity index (χ1v) is 7.82. The maximum absolute atomic E-state index is 12.5. The molecule has 0 aromatic rings. The van der Waals surface area contributed by atoms with E-state index in [1.165, 1.54) is 12.0 Å². The van der Waals surface area contributed by atoms with Gasteiger partial charge in [0, 0.05) is 29.8 Å². The second-order valence-corrected chi connectivity index (χ2v) is 6.97. The van der Waals surface area contributed by atoms with Gasteiger partial charge >= 0.3 is 0 Å². The van der Waals surface area contributed by atoms with Gasteiger partial charge in [0.05, 0.1) is 6.10 Å². The highest BCUT2D eigenvalue weighted by molar-refractivity contribution is 5.88. The Labute approximate surface area is 114 Å². The van der Waals surface area contributed by atoms with E-state index in [4.69, 9.17) is 0 Å². The van der Waals surface area contributed by atoms with Gasteiger partial charge in [-0.2, -0.15) is 0 Å². The SMILES string of the molecule is C[C@@H]1C[C@@]23C4=CCCN2CCC[C@@H]3[C@H](O)C[C@H]4C1=O. The molecule has 5 atom stereocenters. The number of nitrogens with zero attached hydrogens (tertiary/aromatic N) is 1. The van der Waals surface area contributed by atoms with Gasteiger partial charge in [-0.1, -0.05) is 13.0 Å². The number of rotatable bonds is 0. The molecule has 1 spiro atoms. The topological polar surface area (TPSA) is 40.5 Å². The molecular weight excluding hydrogens is 238 g/mol. The smallest absolute Gasteiger partial charge is 0.143 e. The summed E-state index contributed by atoms with van der Waals surface area (Å²) < 4.78 is 0. The van der Waals surface area contributed by atoms with Crippen LogP contribution in [0.2, 0.25) is 0 Å². The molecule has 0 radical (unpaired) electrons. The summed E-state index contributed by atoms with van der Waals surface area (Å²) in [6.45, 7) is 4.35. The first-order chi connectivity index (χ1) is 9.14. The van der Waals surface area contributed by atoms with Crippen LogP contribution in [0.25, 0.3) is 0 Å². The summed E-state index contributed by atoms with van der Waals surface area (Å²) in [4.78, 5) is 15.1. The molecule has 3 nitrogen and oxygen atoms in total. The summed E-state index contributed by atoms with van der Waals surface area (Å²) in [6, 6.07) is 0. The number of Topliss-reactive ketones (excluding diaryl/α,β-unsaturated/α-hetero) is 1. The Kier molecular flexibility index (Phi) is 2.50. The summed E-state index contributed by atoms with van der Waals surface area (Å²) >= 11 is 0. The molecule has 2 heterocycles.